The Morgan fingerprint density at radius 3 is 2.43 bits per heavy atom. The molecular weight excluding hydrogens is 254 g/mol. The molecule has 1 fully saturated rings. The Balaban J connectivity index is 1.94. The van der Waals surface area contributed by atoms with Crippen molar-refractivity contribution in [2.75, 3.05) is 0 Å². The van der Waals surface area contributed by atoms with Gasteiger partial charge in [0.25, 0.3) is 0 Å². The van der Waals surface area contributed by atoms with Crippen LogP contribution in [0.2, 0.25) is 0 Å². The zero-order valence-corrected chi connectivity index (χ0v) is 14.6. The minimum atomic E-state index is 0.464. The fourth-order valence-corrected chi connectivity index (χ4v) is 3.92. The molecule has 2 rings (SSSR count). The second-order valence-corrected chi connectivity index (χ2v) is 7.46. The van der Waals surface area contributed by atoms with Gasteiger partial charge in [-0.1, -0.05) is 50.5 Å². The van der Waals surface area contributed by atoms with Crippen LogP contribution < -0.4 is 5.32 Å². The monoisotopic (exact) mass is 287 g/mol. The lowest BCUT2D eigenvalue weighted by atomic mass is 9.89. The van der Waals surface area contributed by atoms with Crippen molar-refractivity contribution in [1.29, 1.82) is 0 Å². The first-order chi connectivity index (χ1) is 9.97. The van der Waals surface area contributed by atoms with E-state index in [-0.39, 0.29) is 0 Å². The fourth-order valence-electron chi connectivity index (χ4n) is 3.92. The Morgan fingerprint density at radius 1 is 1.00 bits per heavy atom. The van der Waals surface area contributed by atoms with Crippen LogP contribution in [-0.2, 0) is 0 Å². The van der Waals surface area contributed by atoms with Crippen LogP contribution in [0, 0.1) is 25.7 Å². The highest BCUT2D eigenvalue weighted by Crippen LogP contribution is 2.30. The summed E-state index contributed by atoms with van der Waals surface area (Å²) in [6, 6.07) is 8.00. The van der Waals surface area contributed by atoms with Gasteiger partial charge in [0.05, 0.1) is 0 Å². The first-order valence-electron chi connectivity index (χ1n) is 8.80. The number of aryl methyl sites for hydroxylation is 2. The van der Waals surface area contributed by atoms with Crippen LogP contribution in [0.5, 0.6) is 0 Å². The maximum Gasteiger partial charge on any atom is 0.0296 e. The van der Waals surface area contributed by atoms with Crippen molar-refractivity contribution in [2.45, 2.75) is 78.8 Å². The van der Waals surface area contributed by atoms with Crippen LogP contribution in [-0.4, -0.2) is 6.04 Å². The molecule has 1 N–H and O–H groups in total. The molecule has 1 heteroatoms. The molecule has 21 heavy (non-hydrogen) atoms. The Morgan fingerprint density at radius 2 is 1.76 bits per heavy atom. The van der Waals surface area contributed by atoms with E-state index in [4.69, 9.17) is 0 Å². The molecule has 1 aliphatic carbocycles. The van der Waals surface area contributed by atoms with Gasteiger partial charge in [0, 0.05) is 12.1 Å². The minimum Gasteiger partial charge on any atom is -0.307 e. The predicted octanol–water partition coefficient (Wildman–Crippen LogP) is 5.56. The van der Waals surface area contributed by atoms with Gasteiger partial charge in [-0.05, 0) is 63.0 Å². The van der Waals surface area contributed by atoms with E-state index in [0.29, 0.717) is 12.1 Å². The molecule has 1 nitrogen and oxygen atoms in total. The van der Waals surface area contributed by atoms with Crippen LogP contribution in [0.4, 0.5) is 0 Å². The summed E-state index contributed by atoms with van der Waals surface area (Å²) in [5, 5.41) is 3.89. The zero-order valence-electron chi connectivity index (χ0n) is 14.6. The quantitative estimate of drug-likeness (QED) is 0.715. The maximum atomic E-state index is 3.89. The highest BCUT2D eigenvalue weighted by molar-refractivity contribution is 5.32. The van der Waals surface area contributed by atoms with Gasteiger partial charge in [-0.3, -0.25) is 0 Å². The summed E-state index contributed by atoms with van der Waals surface area (Å²) < 4.78 is 0. The molecule has 3 unspecified atom stereocenters. The van der Waals surface area contributed by atoms with Crippen LogP contribution in [0.3, 0.4) is 0 Å². The third kappa shape index (κ3) is 4.57. The van der Waals surface area contributed by atoms with E-state index in [0.717, 1.165) is 11.8 Å². The van der Waals surface area contributed by atoms with Crippen molar-refractivity contribution in [3.05, 3.63) is 34.9 Å². The maximum absolute atomic E-state index is 3.89. The largest absolute Gasteiger partial charge is 0.307 e. The number of hydrogen-bond acceptors (Lipinski definition) is 1. The summed E-state index contributed by atoms with van der Waals surface area (Å²) in [4.78, 5) is 0. The molecule has 1 aliphatic rings. The second-order valence-electron chi connectivity index (χ2n) is 7.46. The smallest absolute Gasteiger partial charge is 0.0296 e. The lowest BCUT2D eigenvalue weighted by molar-refractivity contribution is 0.335. The van der Waals surface area contributed by atoms with Gasteiger partial charge in [0.2, 0.25) is 0 Å². The summed E-state index contributed by atoms with van der Waals surface area (Å²) in [6.45, 7) is 11.5. The summed E-state index contributed by atoms with van der Waals surface area (Å²) in [5.41, 5.74) is 4.24. The molecule has 0 bridgehead atoms. The van der Waals surface area contributed by atoms with Crippen LogP contribution in [0.1, 0.15) is 75.6 Å². The zero-order chi connectivity index (χ0) is 15.4. The highest BCUT2D eigenvalue weighted by Gasteiger charge is 2.22. The van der Waals surface area contributed by atoms with E-state index in [1.165, 1.54) is 48.8 Å². The third-order valence-electron chi connectivity index (χ3n) is 5.33. The molecule has 0 aromatic heterocycles. The first-order valence-corrected chi connectivity index (χ1v) is 8.80. The number of rotatable bonds is 4. The third-order valence-corrected chi connectivity index (χ3v) is 5.33. The molecule has 0 heterocycles. The number of nitrogens with one attached hydrogen (secondary N) is 1. The Bertz CT molecular complexity index is 449. The van der Waals surface area contributed by atoms with E-state index in [9.17, 15) is 0 Å². The topological polar surface area (TPSA) is 12.0 Å². The molecular formula is C20H33N. The summed E-state index contributed by atoms with van der Waals surface area (Å²) in [7, 11) is 0. The van der Waals surface area contributed by atoms with Gasteiger partial charge in [-0.2, -0.15) is 0 Å². The van der Waals surface area contributed by atoms with Crippen LogP contribution in [0.15, 0.2) is 18.2 Å². The van der Waals surface area contributed by atoms with Crippen LogP contribution in [0.25, 0.3) is 0 Å². The van der Waals surface area contributed by atoms with Crippen LogP contribution >= 0.6 is 0 Å². The number of benzene rings is 1. The molecule has 118 valence electrons. The van der Waals surface area contributed by atoms with Crippen molar-refractivity contribution < 1.29 is 0 Å². The number of hydrogen-bond donors (Lipinski definition) is 1. The van der Waals surface area contributed by atoms with Gasteiger partial charge in [-0.25, -0.2) is 0 Å². The van der Waals surface area contributed by atoms with Crippen molar-refractivity contribution in [3.63, 3.8) is 0 Å². The van der Waals surface area contributed by atoms with Crippen molar-refractivity contribution >= 4 is 0 Å². The normalized spacial score (nSPS) is 24.9. The highest BCUT2D eigenvalue weighted by atomic mass is 14.9. The molecule has 0 aliphatic heterocycles. The van der Waals surface area contributed by atoms with E-state index >= 15 is 0 Å². The second kappa shape index (κ2) is 7.45. The van der Waals surface area contributed by atoms with Crippen molar-refractivity contribution in [1.82, 2.24) is 5.32 Å². The average Bonchev–Trinajstić information content (AvgIpc) is 2.64. The molecule has 1 aromatic rings. The lowest BCUT2D eigenvalue weighted by Crippen LogP contribution is -2.31. The Kier molecular flexibility index (Phi) is 5.87. The molecule has 0 spiro atoms. The summed E-state index contributed by atoms with van der Waals surface area (Å²) >= 11 is 0. The summed E-state index contributed by atoms with van der Waals surface area (Å²) in [6.07, 6.45) is 6.90. The van der Waals surface area contributed by atoms with E-state index in [2.05, 4.69) is 58.1 Å². The fraction of sp³-hybridized carbons (Fsp3) is 0.700. The first kappa shape index (κ1) is 16.5. The van der Waals surface area contributed by atoms with Crippen molar-refractivity contribution in [3.8, 4) is 0 Å². The standard InChI is InChI=1S/C20H33N/c1-14(2)18-7-6-8-19(11-10-18)21-17(5)20-12-9-15(3)13-16(20)4/h9,12-14,17-19,21H,6-8,10-11H2,1-5H3. The van der Waals surface area contributed by atoms with Gasteiger partial charge in [0.15, 0.2) is 0 Å². The minimum absolute atomic E-state index is 0.464. The van der Waals surface area contributed by atoms with Crippen molar-refractivity contribution in [2.24, 2.45) is 11.8 Å². The molecule has 3 atom stereocenters. The summed E-state index contributed by atoms with van der Waals surface area (Å²) in [5.74, 6) is 1.79. The van der Waals surface area contributed by atoms with Gasteiger partial charge < -0.3 is 5.32 Å². The lowest BCUT2D eigenvalue weighted by Gasteiger charge is -2.24. The van der Waals surface area contributed by atoms with E-state index in [1.54, 1.807) is 0 Å². The Labute approximate surface area is 131 Å². The molecule has 1 saturated carbocycles. The molecule has 0 radical (unpaired) electrons. The average molecular weight is 287 g/mol. The SMILES string of the molecule is Cc1ccc(C(C)NC2CCCC(C(C)C)CC2)c(C)c1. The predicted molar refractivity (Wildman–Crippen MR) is 92.7 cm³/mol. The molecule has 0 amide bonds. The van der Waals surface area contributed by atoms with E-state index in [1.807, 2.05) is 0 Å². The van der Waals surface area contributed by atoms with E-state index < -0.39 is 0 Å². The molecule has 0 saturated heterocycles. The van der Waals surface area contributed by atoms with Gasteiger partial charge in [-0.15, -0.1) is 0 Å². The Hall–Kier alpha value is -0.820. The van der Waals surface area contributed by atoms with Gasteiger partial charge >= 0.3 is 0 Å². The van der Waals surface area contributed by atoms with Gasteiger partial charge in [0.1, 0.15) is 0 Å². The molecule has 1 aromatic carbocycles.